The van der Waals surface area contributed by atoms with E-state index in [0.717, 1.165) is 30.3 Å². The lowest BCUT2D eigenvalue weighted by molar-refractivity contribution is -0.139. The number of carbonyl (C=O) groups is 1. The van der Waals surface area contributed by atoms with Gasteiger partial charge < -0.3 is 15.0 Å². The van der Waals surface area contributed by atoms with Gasteiger partial charge in [-0.3, -0.25) is 4.79 Å². The van der Waals surface area contributed by atoms with Gasteiger partial charge in [-0.25, -0.2) is 0 Å². The van der Waals surface area contributed by atoms with E-state index in [1.54, 1.807) is 0 Å². The monoisotopic (exact) mass is 258 g/mol. The van der Waals surface area contributed by atoms with Crippen molar-refractivity contribution in [2.75, 3.05) is 7.11 Å². The number of esters is 1. The summed E-state index contributed by atoms with van der Waals surface area (Å²) in [6.45, 7) is 0.830. The zero-order valence-electron chi connectivity index (χ0n) is 11.1. The number of benzene rings is 1. The van der Waals surface area contributed by atoms with Gasteiger partial charge >= 0.3 is 5.97 Å². The molecule has 1 unspecified atom stereocenters. The van der Waals surface area contributed by atoms with Crippen LogP contribution in [0.15, 0.2) is 24.3 Å². The Balaban J connectivity index is 2.17. The lowest BCUT2D eigenvalue weighted by atomic mass is 10.0. The molecule has 0 bridgehead atoms. The van der Waals surface area contributed by atoms with Crippen LogP contribution in [-0.2, 0) is 28.9 Å². The second-order valence-corrected chi connectivity index (χ2v) is 5.10. The van der Waals surface area contributed by atoms with Crippen LogP contribution >= 0.6 is 0 Å². The van der Waals surface area contributed by atoms with Crippen molar-refractivity contribution in [1.29, 1.82) is 0 Å². The van der Waals surface area contributed by atoms with Crippen molar-refractivity contribution in [1.82, 2.24) is 4.57 Å². The second-order valence-electron chi connectivity index (χ2n) is 5.10. The molecule has 3 rings (SSSR count). The Morgan fingerprint density at radius 1 is 1.47 bits per heavy atom. The van der Waals surface area contributed by atoms with Crippen LogP contribution in [0.3, 0.4) is 0 Å². The predicted octanol–water partition coefficient (Wildman–Crippen LogP) is 1.63. The van der Waals surface area contributed by atoms with Crippen LogP contribution in [0.25, 0.3) is 10.9 Å². The van der Waals surface area contributed by atoms with Crippen molar-refractivity contribution in [3.63, 3.8) is 0 Å². The van der Waals surface area contributed by atoms with Crippen molar-refractivity contribution in [3.05, 3.63) is 35.5 Å². The zero-order valence-corrected chi connectivity index (χ0v) is 11.1. The molecule has 0 aliphatic carbocycles. The maximum absolute atomic E-state index is 11.6. The largest absolute Gasteiger partial charge is 0.469 e. The van der Waals surface area contributed by atoms with Crippen LogP contribution < -0.4 is 5.73 Å². The van der Waals surface area contributed by atoms with Gasteiger partial charge in [-0.15, -0.1) is 0 Å². The maximum atomic E-state index is 11.6. The number of hydrogen-bond donors (Lipinski definition) is 1. The molecule has 2 heterocycles. The first-order valence-electron chi connectivity index (χ1n) is 6.62. The summed E-state index contributed by atoms with van der Waals surface area (Å²) in [5, 5.41) is 1.15. The number of aromatic nitrogens is 1. The highest BCUT2D eigenvalue weighted by Gasteiger charge is 2.23. The van der Waals surface area contributed by atoms with Crippen LogP contribution in [0.5, 0.6) is 0 Å². The molecule has 4 heteroatoms. The number of hydrogen-bond acceptors (Lipinski definition) is 3. The van der Waals surface area contributed by atoms with E-state index >= 15 is 0 Å². The van der Waals surface area contributed by atoms with Gasteiger partial charge in [0.05, 0.1) is 13.5 Å². The summed E-state index contributed by atoms with van der Waals surface area (Å²) < 4.78 is 7.08. The van der Waals surface area contributed by atoms with E-state index in [2.05, 4.69) is 16.7 Å². The summed E-state index contributed by atoms with van der Waals surface area (Å²) in [5.41, 5.74) is 9.59. The van der Waals surface area contributed by atoms with Gasteiger partial charge in [-0.1, -0.05) is 18.2 Å². The molecule has 2 aromatic rings. The highest BCUT2D eigenvalue weighted by atomic mass is 16.5. The van der Waals surface area contributed by atoms with Gasteiger partial charge in [-0.2, -0.15) is 0 Å². The third-order valence-electron chi connectivity index (χ3n) is 3.91. The SMILES string of the molecule is COC(=O)Cc1c2n(c3ccccc13)CC(N)CC2. The highest BCUT2D eigenvalue weighted by Crippen LogP contribution is 2.30. The number of carbonyl (C=O) groups excluding carboxylic acids is 1. The number of nitrogens with zero attached hydrogens (tertiary/aromatic N) is 1. The van der Waals surface area contributed by atoms with Gasteiger partial charge in [0.2, 0.25) is 0 Å². The summed E-state index contributed by atoms with van der Waals surface area (Å²) in [7, 11) is 1.43. The minimum atomic E-state index is -0.186. The smallest absolute Gasteiger partial charge is 0.310 e. The topological polar surface area (TPSA) is 57.2 Å². The lowest BCUT2D eigenvalue weighted by Gasteiger charge is -2.22. The Hall–Kier alpha value is -1.81. The number of rotatable bonds is 2. The Kier molecular flexibility index (Phi) is 3.03. The molecule has 0 spiro atoms. The molecule has 2 N–H and O–H groups in total. The molecule has 1 aromatic carbocycles. The standard InChI is InChI=1S/C15H18N2O2/c1-19-15(18)8-12-11-4-2-3-5-13(11)17-9-10(16)6-7-14(12)17/h2-5,10H,6-9,16H2,1H3. The Morgan fingerprint density at radius 3 is 3.05 bits per heavy atom. The second kappa shape index (κ2) is 4.70. The summed E-state index contributed by atoms with van der Waals surface area (Å²) in [6.07, 6.45) is 2.25. The number of para-hydroxylation sites is 1. The third-order valence-corrected chi connectivity index (χ3v) is 3.91. The van der Waals surface area contributed by atoms with Crippen LogP contribution in [0.1, 0.15) is 17.7 Å². The Labute approximate surface area is 112 Å². The zero-order chi connectivity index (χ0) is 13.4. The molecule has 4 nitrogen and oxygen atoms in total. The minimum absolute atomic E-state index is 0.186. The fourth-order valence-electron chi connectivity index (χ4n) is 2.98. The molecule has 0 amide bonds. The minimum Gasteiger partial charge on any atom is -0.469 e. The van der Waals surface area contributed by atoms with E-state index < -0.39 is 0 Å². The van der Waals surface area contributed by atoms with E-state index in [1.165, 1.54) is 18.3 Å². The highest BCUT2D eigenvalue weighted by molar-refractivity contribution is 5.89. The average molecular weight is 258 g/mol. The molecule has 0 saturated heterocycles. The first kappa shape index (κ1) is 12.2. The molecule has 100 valence electrons. The molecular weight excluding hydrogens is 240 g/mol. The average Bonchev–Trinajstić information content (AvgIpc) is 2.73. The van der Waals surface area contributed by atoms with Gasteiger partial charge in [0.15, 0.2) is 0 Å². The fourth-order valence-corrected chi connectivity index (χ4v) is 2.98. The maximum Gasteiger partial charge on any atom is 0.310 e. The van der Waals surface area contributed by atoms with Crippen LogP contribution in [-0.4, -0.2) is 23.7 Å². The van der Waals surface area contributed by atoms with Crippen LogP contribution in [0.2, 0.25) is 0 Å². The molecular formula is C15H18N2O2. The molecule has 1 aliphatic rings. The summed E-state index contributed by atoms with van der Waals surface area (Å²) in [6, 6.07) is 8.41. The first-order valence-corrected chi connectivity index (χ1v) is 6.62. The Morgan fingerprint density at radius 2 is 2.26 bits per heavy atom. The van der Waals surface area contributed by atoms with Crippen molar-refractivity contribution in [2.45, 2.75) is 31.8 Å². The lowest BCUT2D eigenvalue weighted by Crippen LogP contribution is -2.32. The molecule has 19 heavy (non-hydrogen) atoms. The number of nitrogens with two attached hydrogens (primary N) is 1. The molecule has 1 atom stereocenters. The van der Waals surface area contributed by atoms with Gasteiger partial charge in [0.25, 0.3) is 0 Å². The normalized spacial score (nSPS) is 18.3. The molecule has 0 radical (unpaired) electrons. The van der Waals surface area contributed by atoms with Crippen LogP contribution in [0.4, 0.5) is 0 Å². The van der Waals surface area contributed by atoms with Crippen molar-refractivity contribution in [3.8, 4) is 0 Å². The van der Waals surface area contributed by atoms with Crippen molar-refractivity contribution >= 4 is 16.9 Å². The molecule has 1 aromatic heterocycles. The van der Waals surface area contributed by atoms with Gasteiger partial charge in [0.1, 0.15) is 0 Å². The summed E-state index contributed by atoms with van der Waals surface area (Å²) in [4.78, 5) is 11.6. The van der Waals surface area contributed by atoms with Crippen LogP contribution in [0, 0.1) is 0 Å². The van der Waals surface area contributed by atoms with E-state index in [9.17, 15) is 4.79 Å². The van der Waals surface area contributed by atoms with E-state index in [-0.39, 0.29) is 12.0 Å². The number of methoxy groups -OCH3 is 1. The number of fused-ring (bicyclic) bond motifs is 3. The molecule has 0 fully saturated rings. The Bertz CT molecular complexity index is 630. The predicted molar refractivity (Wildman–Crippen MR) is 74.0 cm³/mol. The van der Waals surface area contributed by atoms with Crippen molar-refractivity contribution < 1.29 is 9.53 Å². The van der Waals surface area contributed by atoms with E-state index in [1.807, 2.05) is 12.1 Å². The fraction of sp³-hybridized carbons (Fsp3) is 0.400. The van der Waals surface area contributed by atoms with Gasteiger partial charge in [-0.05, 0) is 24.5 Å². The first-order chi connectivity index (χ1) is 9.20. The van der Waals surface area contributed by atoms with E-state index in [0.29, 0.717) is 6.42 Å². The third kappa shape index (κ3) is 2.02. The number of ether oxygens (including phenoxy) is 1. The summed E-state index contributed by atoms with van der Waals surface area (Å²) in [5.74, 6) is -0.186. The quantitative estimate of drug-likeness (QED) is 0.833. The van der Waals surface area contributed by atoms with E-state index in [4.69, 9.17) is 10.5 Å². The molecule has 0 saturated carbocycles. The van der Waals surface area contributed by atoms with Gasteiger partial charge in [0, 0.05) is 29.2 Å². The molecule has 1 aliphatic heterocycles. The van der Waals surface area contributed by atoms with Crippen molar-refractivity contribution in [2.24, 2.45) is 5.73 Å². The summed E-state index contributed by atoms with van der Waals surface area (Å²) >= 11 is 0.